The van der Waals surface area contributed by atoms with Crippen molar-refractivity contribution in [1.29, 1.82) is 0 Å². The number of alkyl halides is 2. The van der Waals surface area contributed by atoms with E-state index in [1.807, 2.05) is 43.3 Å². The normalized spacial score (nSPS) is 11.0. The summed E-state index contributed by atoms with van der Waals surface area (Å²) in [5.41, 5.74) is 3.12. The third-order valence-corrected chi connectivity index (χ3v) is 4.50. The van der Waals surface area contributed by atoms with Crippen LogP contribution in [0.5, 0.6) is 11.5 Å². The highest BCUT2D eigenvalue weighted by Crippen LogP contribution is 2.28. The van der Waals surface area contributed by atoms with Gasteiger partial charge in [-0.05, 0) is 36.6 Å². The number of methoxy groups -OCH3 is 1. The lowest BCUT2D eigenvalue weighted by Crippen LogP contribution is -2.25. The second-order valence-electron chi connectivity index (χ2n) is 6.28. The molecule has 158 valence electrons. The largest absolute Gasteiger partial charge is 0.493 e. The molecule has 0 aliphatic heterocycles. The lowest BCUT2D eigenvalue weighted by Gasteiger charge is -2.14. The Morgan fingerprint density at radius 3 is 2.57 bits per heavy atom. The van der Waals surface area contributed by atoms with Gasteiger partial charge in [0, 0.05) is 6.54 Å². The summed E-state index contributed by atoms with van der Waals surface area (Å²) in [4.78, 5) is 0.320. The molecule has 0 atom stereocenters. The molecule has 0 heterocycles. The van der Waals surface area contributed by atoms with Crippen LogP contribution < -0.4 is 14.8 Å². The molecule has 0 amide bonds. The second-order valence-corrected chi connectivity index (χ2v) is 6.69. The molecule has 0 radical (unpaired) electrons. The van der Waals surface area contributed by atoms with Crippen LogP contribution in [0.15, 0.2) is 48.7 Å². The minimum Gasteiger partial charge on any atom is -0.493 e. The Labute approximate surface area is 180 Å². The van der Waals surface area contributed by atoms with Gasteiger partial charge in [0.2, 0.25) is 0 Å². The maximum absolute atomic E-state index is 12.5. The first kappa shape index (κ1) is 23.2. The average molecular weight is 432 g/mol. The van der Waals surface area contributed by atoms with Crippen LogP contribution in [-0.4, -0.2) is 31.9 Å². The maximum Gasteiger partial charge on any atom is 0.386 e. The number of halogens is 2. The van der Waals surface area contributed by atoms with Gasteiger partial charge in [0.15, 0.2) is 11.5 Å². The summed E-state index contributed by atoms with van der Waals surface area (Å²) in [5, 5.41) is 3.09. The molecule has 0 saturated carbocycles. The minimum absolute atomic E-state index is 0.153. The first-order chi connectivity index (χ1) is 14.4. The standard InChI is InChI=1S/C23H23F2NO3S/c1-4-13-28-20-10-7-17(14-21(20)27-3)11-12-26-22(30)19(15-29-23(24)25)18-8-5-16(2)6-9-18/h1,5-10,14-15,23H,11-13H2,2-3H3,(H,26,30)/b19-15+. The first-order valence-corrected chi connectivity index (χ1v) is 9.57. The number of terminal acetylenes is 1. The van der Waals surface area contributed by atoms with Gasteiger partial charge in [0.25, 0.3) is 0 Å². The van der Waals surface area contributed by atoms with Crippen LogP contribution in [-0.2, 0) is 11.2 Å². The van der Waals surface area contributed by atoms with Gasteiger partial charge < -0.3 is 19.5 Å². The van der Waals surface area contributed by atoms with Crippen LogP contribution in [0.2, 0.25) is 0 Å². The number of thiocarbonyl (C=S) groups is 1. The van der Waals surface area contributed by atoms with Crippen molar-refractivity contribution in [1.82, 2.24) is 5.32 Å². The Hall–Kier alpha value is -3.11. The van der Waals surface area contributed by atoms with E-state index in [1.165, 1.54) is 0 Å². The van der Waals surface area contributed by atoms with Gasteiger partial charge in [-0.15, -0.1) is 6.42 Å². The van der Waals surface area contributed by atoms with Crippen molar-refractivity contribution >= 4 is 22.8 Å². The van der Waals surface area contributed by atoms with E-state index in [2.05, 4.69) is 16.0 Å². The van der Waals surface area contributed by atoms with E-state index in [-0.39, 0.29) is 6.61 Å². The monoisotopic (exact) mass is 431 g/mol. The molecule has 1 N–H and O–H groups in total. The number of hydrogen-bond acceptors (Lipinski definition) is 4. The molecular weight excluding hydrogens is 408 g/mol. The molecule has 0 saturated heterocycles. The number of rotatable bonds is 10. The molecule has 4 nitrogen and oxygen atoms in total. The highest BCUT2D eigenvalue weighted by molar-refractivity contribution is 7.81. The lowest BCUT2D eigenvalue weighted by atomic mass is 10.1. The fraction of sp³-hybridized carbons (Fsp3) is 0.261. The summed E-state index contributed by atoms with van der Waals surface area (Å²) in [5.74, 6) is 3.55. The number of nitrogens with one attached hydrogen (secondary N) is 1. The Kier molecular flexibility index (Phi) is 9.10. The molecule has 0 fully saturated rings. The van der Waals surface area contributed by atoms with Gasteiger partial charge >= 0.3 is 6.61 Å². The van der Waals surface area contributed by atoms with Gasteiger partial charge in [-0.2, -0.15) is 8.78 Å². The Morgan fingerprint density at radius 1 is 1.20 bits per heavy atom. The van der Waals surface area contributed by atoms with E-state index in [0.29, 0.717) is 40.6 Å². The van der Waals surface area contributed by atoms with Gasteiger partial charge in [-0.1, -0.05) is 54.0 Å². The van der Waals surface area contributed by atoms with Crippen LogP contribution in [0.4, 0.5) is 8.78 Å². The second kappa shape index (κ2) is 11.8. The fourth-order valence-corrected chi connectivity index (χ4v) is 2.90. The summed E-state index contributed by atoms with van der Waals surface area (Å²) >= 11 is 5.41. The van der Waals surface area contributed by atoms with Crippen molar-refractivity contribution in [3.05, 3.63) is 65.4 Å². The first-order valence-electron chi connectivity index (χ1n) is 9.16. The molecule has 0 spiro atoms. The van der Waals surface area contributed by atoms with Crippen LogP contribution >= 0.6 is 12.2 Å². The Morgan fingerprint density at radius 2 is 1.93 bits per heavy atom. The molecule has 7 heteroatoms. The SMILES string of the molecule is C#CCOc1ccc(CCNC(=S)/C(=C/OC(F)F)c2ccc(C)cc2)cc1OC. The highest BCUT2D eigenvalue weighted by Gasteiger charge is 2.11. The van der Waals surface area contributed by atoms with Gasteiger partial charge in [0.1, 0.15) is 17.9 Å². The van der Waals surface area contributed by atoms with E-state index in [0.717, 1.165) is 17.4 Å². The molecule has 2 aromatic carbocycles. The van der Waals surface area contributed by atoms with Gasteiger partial charge in [-0.25, -0.2) is 0 Å². The van der Waals surface area contributed by atoms with E-state index in [4.69, 9.17) is 28.1 Å². The van der Waals surface area contributed by atoms with Gasteiger partial charge in [-0.3, -0.25) is 0 Å². The number of benzene rings is 2. The van der Waals surface area contributed by atoms with E-state index >= 15 is 0 Å². The molecule has 0 aromatic heterocycles. The van der Waals surface area contributed by atoms with E-state index < -0.39 is 6.61 Å². The van der Waals surface area contributed by atoms with Crippen LogP contribution in [0.25, 0.3) is 5.57 Å². The lowest BCUT2D eigenvalue weighted by molar-refractivity contribution is -0.0823. The topological polar surface area (TPSA) is 39.7 Å². The Balaban J connectivity index is 2.04. The van der Waals surface area contributed by atoms with Crippen molar-refractivity contribution in [2.75, 3.05) is 20.3 Å². The average Bonchev–Trinajstić information content (AvgIpc) is 2.73. The van der Waals surface area contributed by atoms with Crippen molar-refractivity contribution in [3.8, 4) is 23.8 Å². The molecular formula is C23H23F2NO3S. The molecule has 2 rings (SSSR count). The minimum atomic E-state index is -2.92. The van der Waals surface area contributed by atoms with Crippen molar-refractivity contribution in [3.63, 3.8) is 0 Å². The summed E-state index contributed by atoms with van der Waals surface area (Å²) in [6.07, 6.45) is 6.83. The van der Waals surface area contributed by atoms with E-state index in [1.54, 1.807) is 13.2 Å². The fourth-order valence-electron chi connectivity index (χ4n) is 2.63. The highest BCUT2D eigenvalue weighted by atomic mass is 32.1. The smallest absolute Gasteiger partial charge is 0.386 e. The number of aryl methyl sites for hydroxylation is 1. The third kappa shape index (κ3) is 7.05. The predicted molar refractivity (Wildman–Crippen MR) is 118 cm³/mol. The van der Waals surface area contributed by atoms with Crippen LogP contribution in [0, 0.1) is 19.3 Å². The van der Waals surface area contributed by atoms with Crippen LogP contribution in [0.3, 0.4) is 0 Å². The van der Waals surface area contributed by atoms with Crippen LogP contribution in [0.1, 0.15) is 16.7 Å². The van der Waals surface area contributed by atoms with Crippen molar-refractivity contribution in [2.45, 2.75) is 20.0 Å². The van der Waals surface area contributed by atoms with Crippen molar-refractivity contribution in [2.24, 2.45) is 0 Å². The summed E-state index contributed by atoms with van der Waals surface area (Å²) in [7, 11) is 1.55. The van der Waals surface area contributed by atoms with Crippen molar-refractivity contribution < 1.29 is 23.0 Å². The molecule has 30 heavy (non-hydrogen) atoms. The molecule has 0 unspecified atom stereocenters. The zero-order valence-electron chi connectivity index (χ0n) is 16.8. The molecule has 0 bridgehead atoms. The zero-order chi connectivity index (χ0) is 21.9. The van der Waals surface area contributed by atoms with E-state index in [9.17, 15) is 8.78 Å². The quantitative estimate of drug-likeness (QED) is 0.254. The molecule has 0 aliphatic rings. The molecule has 0 aliphatic carbocycles. The predicted octanol–water partition coefficient (Wildman–Crippen LogP) is 4.76. The molecule has 2 aromatic rings. The third-order valence-electron chi connectivity index (χ3n) is 4.13. The number of ether oxygens (including phenoxy) is 3. The summed E-state index contributed by atoms with van der Waals surface area (Å²) < 4.78 is 40.2. The number of hydrogen-bond donors (Lipinski definition) is 1. The zero-order valence-corrected chi connectivity index (χ0v) is 17.6. The summed E-state index contributed by atoms with van der Waals surface area (Å²) in [6.45, 7) is -0.336. The Bertz CT molecular complexity index is 921. The summed E-state index contributed by atoms with van der Waals surface area (Å²) in [6, 6.07) is 12.9. The van der Waals surface area contributed by atoms with Gasteiger partial charge in [0.05, 0.1) is 12.7 Å². The maximum atomic E-state index is 12.5.